The lowest BCUT2D eigenvalue weighted by Gasteiger charge is -2.37. The summed E-state index contributed by atoms with van der Waals surface area (Å²) in [6.45, 7) is 0. The summed E-state index contributed by atoms with van der Waals surface area (Å²) in [6.07, 6.45) is -0.939. The average molecular weight is 395 g/mol. The van der Waals surface area contributed by atoms with Gasteiger partial charge < -0.3 is 20.2 Å². The summed E-state index contributed by atoms with van der Waals surface area (Å²) in [5.41, 5.74) is 3.55. The maximum atomic E-state index is 11.9. The van der Waals surface area contributed by atoms with Gasteiger partial charge in [0.05, 0.1) is 5.41 Å². The summed E-state index contributed by atoms with van der Waals surface area (Å²) in [5.74, 6) is 0.334. The topological polar surface area (TPSA) is 63.9 Å². The minimum Gasteiger partial charge on any atom is -0.508 e. The molecule has 4 aromatic carbocycles. The lowest BCUT2D eigenvalue weighted by atomic mass is 9.69. The van der Waals surface area contributed by atoms with Gasteiger partial charge in [-0.2, -0.15) is 0 Å². The quantitative estimate of drug-likeness (QED) is 0.462. The summed E-state index contributed by atoms with van der Waals surface area (Å²) in [7, 11) is 0. The van der Waals surface area contributed by atoms with Gasteiger partial charge in [-0.1, -0.05) is 60.7 Å². The summed E-state index contributed by atoms with van der Waals surface area (Å²) in [4.78, 5) is 1.94. The summed E-state index contributed by atoms with van der Waals surface area (Å²) >= 11 is 0. The molecule has 148 valence electrons. The van der Waals surface area contributed by atoms with Crippen LogP contribution in [0, 0.1) is 0 Å². The number of aliphatic hydroxyl groups is 1. The van der Waals surface area contributed by atoms with E-state index < -0.39 is 11.6 Å². The molecule has 0 spiro atoms. The fourth-order valence-electron chi connectivity index (χ4n) is 4.57. The van der Waals surface area contributed by atoms with Gasteiger partial charge in [0.2, 0.25) is 0 Å². The first-order valence-electron chi connectivity index (χ1n) is 9.83. The van der Waals surface area contributed by atoms with Crippen molar-refractivity contribution in [3.8, 4) is 11.5 Å². The Labute approximate surface area is 174 Å². The van der Waals surface area contributed by atoms with Gasteiger partial charge in [-0.3, -0.25) is 0 Å². The number of benzene rings is 4. The lowest BCUT2D eigenvalue weighted by molar-refractivity contribution is 0.139. The predicted molar refractivity (Wildman–Crippen MR) is 117 cm³/mol. The SMILES string of the molecule is Oc1ccc(C2(c3ccc(O)cc3)c3ccccc3N(c3ccccc3)C2O)cc1. The van der Waals surface area contributed by atoms with Gasteiger partial charge in [0.1, 0.15) is 17.7 Å². The Kier molecular flexibility index (Phi) is 4.23. The molecule has 0 fully saturated rings. The number of rotatable bonds is 3. The lowest BCUT2D eigenvalue weighted by Crippen LogP contribution is -2.44. The Hall–Kier alpha value is -3.76. The highest BCUT2D eigenvalue weighted by molar-refractivity contribution is 5.78. The van der Waals surface area contributed by atoms with E-state index in [-0.39, 0.29) is 11.5 Å². The Bertz CT molecular complexity index is 1130. The molecule has 4 aromatic rings. The molecule has 1 heterocycles. The number of anilines is 2. The van der Waals surface area contributed by atoms with E-state index in [1.165, 1.54) is 0 Å². The van der Waals surface area contributed by atoms with Gasteiger partial charge in [-0.05, 0) is 59.2 Å². The third-order valence-corrected chi connectivity index (χ3v) is 5.90. The zero-order valence-electron chi connectivity index (χ0n) is 16.2. The summed E-state index contributed by atoms with van der Waals surface area (Å²) in [6, 6.07) is 31.7. The van der Waals surface area contributed by atoms with Crippen molar-refractivity contribution in [2.45, 2.75) is 11.6 Å². The molecule has 0 saturated carbocycles. The highest BCUT2D eigenvalue weighted by Gasteiger charge is 2.53. The van der Waals surface area contributed by atoms with Crippen LogP contribution in [0.25, 0.3) is 0 Å². The molecule has 0 aromatic heterocycles. The number of para-hydroxylation sites is 2. The third kappa shape index (κ3) is 2.58. The maximum absolute atomic E-state index is 11.9. The number of hydrogen-bond donors (Lipinski definition) is 3. The van der Waals surface area contributed by atoms with Gasteiger partial charge in [0.15, 0.2) is 0 Å². The van der Waals surface area contributed by atoms with E-state index >= 15 is 0 Å². The van der Waals surface area contributed by atoms with Gasteiger partial charge in [0, 0.05) is 11.4 Å². The van der Waals surface area contributed by atoms with E-state index in [0.717, 1.165) is 28.1 Å². The molecule has 5 rings (SSSR count). The van der Waals surface area contributed by atoms with E-state index in [4.69, 9.17) is 0 Å². The number of aromatic hydroxyl groups is 2. The van der Waals surface area contributed by atoms with Crippen LogP contribution in [0.2, 0.25) is 0 Å². The average Bonchev–Trinajstić information content (AvgIpc) is 3.04. The zero-order valence-corrected chi connectivity index (χ0v) is 16.2. The van der Waals surface area contributed by atoms with Crippen molar-refractivity contribution in [2.75, 3.05) is 4.90 Å². The number of phenolic OH excluding ortho intramolecular Hbond substituents is 2. The molecule has 1 atom stereocenters. The number of aliphatic hydroxyl groups excluding tert-OH is 1. The minimum absolute atomic E-state index is 0.167. The molecule has 1 aliphatic rings. The Morgan fingerprint density at radius 1 is 0.600 bits per heavy atom. The van der Waals surface area contributed by atoms with Crippen molar-refractivity contribution in [3.05, 3.63) is 120 Å². The first-order chi connectivity index (χ1) is 14.6. The van der Waals surface area contributed by atoms with Crippen molar-refractivity contribution < 1.29 is 15.3 Å². The maximum Gasteiger partial charge on any atom is 0.149 e. The van der Waals surface area contributed by atoms with Crippen LogP contribution in [-0.2, 0) is 5.41 Å². The minimum atomic E-state index is -0.939. The van der Waals surface area contributed by atoms with Crippen LogP contribution in [0.4, 0.5) is 11.4 Å². The van der Waals surface area contributed by atoms with Gasteiger partial charge in [-0.15, -0.1) is 0 Å². The first kappa shape index (κ1) is 18.3. The molecule has 30 heavy (non-hydrogen) atoms. The molecule has 4 heteroatoms. The normalized spacial score (nSPS) is 17.0. The van der Waals surface area contributed by atoms with Crippen LogP contribution < -0.4 is 4.90 Å². The van der Waals surface area contributed by atoms with Crippen LogP contribution >= 0.6 is 0 Å². The van der Waals surface area contributed by atoms with E-state index in [2.05, 4.69) is 0 Å². The van der Waals surface area contributed by atoms with Crippen molar-refractivity contribution in [3.63, 3.8) is 0 Å². The van der Waals surface area contributed by atoms with Crippen LogP contribution in [0.1, 0.15) is 16.7 Å². The van der Waals surface area contributed by atoms with Crippen molar-refractivity contribution >= 4 is 11.4 Å². The van der Waals surface area contributed by atoms with Crippen LogP contribution in [0.15, 0.2) is 103 Å². The molecule has 0 aliphatic carbocycles. The largest absolute Gasteiger partial charge is 0.508 e. The number of fused-ring (bicyclic) bond motifs is 1. The zero-order chi connectivity index (χ0) is 20.7. The van der Waals surface area contributed by atoms with Gasteiger partial charge in [-0.25, -0.2) is 0 Å². The predicted octanol–water partition coefficient (Wildman–Crippen LogP) is 4.90. The second kappa shape index (κ2) is 6.94. The Morgan fingerprint density at radius 3 is 1.67 bits per heavy atom. The second-order valence-corrected chi connectivity index (χ2v) is 7.50. The first-order valence-corrected chi connectivity index (χ1v) is 9.83. The molecule has 0 bridgehead atoms. The summed E-state index contributed by atoms with van der Waals surface area (Å²) < 4.78 is 0. The van der Waals surface area contributed by atoms with Crippen molar-refractivity contribution in [1.29, 1.82) is 0 Å². The molecular weight excluding hydrogens is 374 g/mol. The molecule has 0 radical (unpaired) electrons. The Morgan fingerprint density at radius 2 is 1.10 bits per heavy atom. The monoisotopic (exact) mass is 395 g/mol. The number of phenols is 2. The standard InChI is InChI=1S/C26H21NO3/c28-21-14-10-18(11-15-21)26(19-12-16-22(29)17-13-19)23-8-4-5-9-24(23)27(25(26)30)20-6-2-1-3-7-20/h1-17,25,28-30H. The fraction of sp³-hybridized carbons (Fsp3) is 0.0769. The van der Waals surface area contributed by atoms with Crippen molar-refractivity contribution in [1.82, 2.24) is 0 Å². The van der Waals surface area contributed by atoms with E-state index in [9.17, 15) is 15.3 Å². The fourth-order valence-corrected chi connectivity index (χ4v) is 4.57. The summed E-state index contributed by atoms with van der Waals surface area (Å²) in [5, 5.41) is 31.7. The molecule has 1 unspecified atom stereocenters. The smallest absolute Gasteiger partial charge is 0.149 e. The molecule has 4 nitrogen and oxygen atoms in total. The van der Waals surface area contributed by atoms with Crippen molar-refractivity contribution in [2.24, 2.45) is 0 Å². The van der Waals surface area contributed by atoms with Gasteiger partial charge in [0.25, 0.3) is 0 Å². The molecule has 0 saturated heterocycles. The molecular formula is C26H21NO3. The Balaban J connectivity index is 1.84. The highest BCUT2D eigenvalue weighted by Crippen LogP contribution is 2.55. The number of hydrogen-bond acceptors (Lipinski definition) is 4. The van der Waals surface area contributed by atoms with E-state index in [0.29, 0.717) is 0 Å². The van der Waals surface area contributed by atoms with Crippen LogP contribution in [0.5, 0.6) is 11.5 Å². The third-order valence-electron chi connectivity index (χ3n) is 5.90. The van der Waals surface area contributed by atoms with Crippen LogP contribution in [-0.4, -0.2) is 21.5 Å². The second-order valence-electron chi connectivity index (χ2n) is 7.50. The van der Waals surface area contributed by atoms with Crippen LogP contribution in [0.3, 0.4) is 0 Å². The molecule has 0 amide bonds. The highest BCUT2D eigenvalue weighted by atomic mass is 16.3. The molecule has 3 N–H and O–H groups in total. The molecule has 1 aliphatic heterocycles. The van der Waals surface area contributed by atoms with E-state index in [1.54, 1.807) is 24.3 Å². The van der Waals surface area contributed by atoms with Gasteiger partial charge >= 0.3 is 0 Å². The number of nitrogens with zero attached hydrogens (tertiary/aromatic N) is 1. The van der Waals surface area contributed by atoms with E-state index in [1.807, 2.05) is 83.8 Å².